The number of hydrogen-bond acceptors (Lipinski definition) is 9. The Labute approximate surface area is 423 Å². The fourth-order valence-corrected chi connectivity index (χ4v) is 9.51. The van der Waals surface area contributed by atoms with Crippen LogP contribution >= 0.6 is 0 Å². The lowest BCUT2D eigenvalue weighted by Crippen LogP contribution is -2.53. The van der Waals surface area contributed by atoms with Crippen LogP contribution in [0.3, 0.4) is 0 Å². The highest BCUT2D eigenvalue weighted by atomic mass is 16.6. The van der Waals surface area contributed by atoms with Crippen LogP contribution in [0, 0.1) is 0 Å². The Balaban J connectivity index is 0.000000369. The summed E-state index contributed by atoms with van der Waals surface area (Å²) >= 11 is 0. The van der Waals surface area contributed by atoms with Gasteiger partial charge >= 0.3 is 17.8 Å². The molecular formula is C59H63N5O9. The zero-order valence-electron chi connectivity index (χ0n) is 42.0. The third kappa shape index (κ3) is 13.0. The van der Waals surface area contributed by atoms with Crippen LogP contribution in [0.1, 0.15) is 65.4 Å². The van der Waals surface area contributed by atoms with Gasteiger partial charge in [-0.15, -0.1) is 0 Å². The first kappa shape index (κ1) is 51.5. The second kappa shape index (κ2) is 23.6. The molecule has 0 bridgehead atoms. The molecule has 0 aliphatic heterocycles. The number of nitrogens with zero attached hydrogens (tertiary/aromatic N) is 2. The number of esters is 1. The zero-order chi connectivity index (χ0) is 51.5. The van der Waals surface area contributed by atoms with Crippen molar-refractivity contribution >= 4 is 88.5 Å². The minimum absolute atomic E-state index is 0.0137. The van der Waals surface area contributed by atoms with Crippen LogP contribution in [0.4, 0.5) is 4.79 Å². The van der Waals surface area contributed by atoms with Crippen molar-refractivity contribution in [3.05, 3.63) is 154 Å². The third-order valence-corrected chi connectivity index (χ3v) is 12.9. The van der Waals surface area contributed by atoms with Gasteiger partial charge in [0.2, 0.25) is 11.8 Å². The standard InChI is InChI=1S/C43H53N5O9.C16H10/c1-5-56-38(52)27-48(37(51)26-47-23-21-36(50)46-41(47)53)33(25-45-42(54)57-43(2,3)4)28-55-24-8-6-7-22-44-35(49)14-10-11-29-15-16-32-18-17-30-12-9-13-31-19-20-34(29)40(32)39(30)31;1-3-11-7-9-13-5-2-6-14-10-8-12(4-1)15(11)16(13)14/h9,12-13,15-21,23,33H,5-8,10-11,14,22,24-28H2,1-4H3,(H,44,49)(H,45,54)(H,46,50,53);1-10H. The maximum Gasteiger partial charge on any atom is 0.407 e. The van der Waals surface area contributed by atoms with E-state index in [2.05, 4.69) is 131 Å². The van der Waals surface area contributed by atoms with E-state index < -0.39 is 54.0 Å². The van der Waals surface area contributed by atoms with Crippen LogP contribution in [0.25, 0.3) is 64.6 Å². The number of alkyl carbamates (subject to hydrolysis) is 1. The smallest absolute Gasteiger partial charge is 0.407 e. The number of hydrogen-bond donors (Lipinski definition) is 3. The van der Waals surface area contributed by atoms with Crippen molar-refractivity contribution in [3.63, 3.8) is 0 Å². The topological polar surface area (TPSA) is 178 Å². The molecule has 9 rings (SSSR count). The number of carbonyl (C=O) groups excluding carboxylic acids is 4. The molecule has 1 aromatic heterocycles. The summed E-state index contributed by atoms with van der Waals surface area (Å²) in [6.07, 6.45) is 4.62. The van der Waals surface area contributed by atoms with E-state index in [1.807, 2.05) is 0 Å². The van der Waals surface area contributed by atoms with E-state index in [0.29, 0.717) is 26.0 Å². The Morgan fingerprint density at radius 3 is 1.81 bits per heavy atom. The predicted octanol–water partition coefficient (Wildman–Crippen LogP) is 9.63. The second-order valence-electron chi connectivity index (χ2n) is 19.3. The highest BCUT2D eigenvalue weighted by molar-refractivity contribution is 6.24. The van der Waals surface area contributed by atoms with E-state index >= 15 is 0 Å². The van der Waals surface area contributed by atoms with Gasteiger partial charge in [-0.2, -0.15) is 0 Å². The number of H-pyrrole nitrogens is 1. The van der Waals surface area contributed by atoms with Crippen LogP contribution in [0.15, 0.2) is 137 Å². The van der Waals surface area contributed by atoms with Gasteiger partial charge in [-0.05, 0) is 130 Å². The van der Waals surface area contributed by atoms with E-state index in [-0.39, 0.29) is 25.7 Å². The maximum absolute atomic E-state index is 13.6. The second-order valence-corrected chi connectivity index (χ2v) is 19.3. The first-order chi connectivity index (χ1) is 35.3. The zero-order valence-corrected chi connectivity index (χ0v) is 42.0. The number of benzene rings is 8. The van der Waals surface area contributed by atoms with E-state index in [0.717, 1.165) is 36.3 Å². The van der Waals surface area contributed by atoms with Crippen molar-refractivity contribution in [2.45, 2.75) is 84.4 Å². The van der Waals surface area contributed by atoms with Crippen molar-refractivity contribution < 1.29 is 33.4 Å². The van der Waals surface area contributed by atoms with Gasteiger partial charge in [-0.1, -0.05) is 115 Å². The number of nitrogens with one attached hydrogen (secondary N) is 3. The highest BCUT2D eigenvalue weighted by Crippen LogP contribution is 2.37. The van der Waals surface area contributed by atoms with E-state index in [9.17, 15) is 28.8 Å². The number of amides is 3. The predicted molar refractivity (Wildman–Crippen MR) is 289 cm³/mol. The summed E-state index contributed by atoms with van der Waals surface area (Å²) < 4.78 is 17.4. The first-order valence-electron chi connectivity index (χ1n) is 25.1. The van der Waals surface area contributed by atoms with Gasteiger partial charge in [-0.25, -0.2) is 9.59 Å². The number of aromatic nitrogens is 2. The van der Waals surface area contributed by atoms with Crippen LogP contribution in [-0.2, 0) is 41.6 Å². The average Bonchev–Trinajstić information content (AvgIpc) is 3.37. The molecular weight excluding hydrogens is 923 g/mol. The summed E-state index contributed by atoms with van der Waals surface area (Å²) in [7, 11) is 0. The molecule has 1 atom stereocenters. The Morgan fingerprint density at radius 2 is 1.23 bits per heavy atom. The fourth-order valence-electron chi connectivity index (χ4n) is 9.51. The fraction of sp³-hybridized carbons (Fsp3) is 0.322. The quantitative estimate of drug-likeness (QED) is 0.0381. The number of ether oxygens (including phenoxy) is 3. The Hall–Kier alpha value is -7.84. The summed E-state index contributed by atoms with van der Waals surface area (Å²) in [5.41, 5.74) is -0.931. The van der Waals surface area contributed by atoms with Gasteiger partial charge in [0.05, 0.1) is 19.3 Å². The molecule has 1 unspecified atom stereocenters. The molecule has 8 aromatic carbocycles. The molecule has 14 nitrogen and oxygen atoms in total. The monoisotopic (exact) mass is 985 g/mol. The molecule has 0 aliphatic rings. The SMILES string of the molecule is CCOC(=O)CN(C(=O)Cn1ccc(=O)[nH]c1=O)C(CNC(=O)OC(C)(C)C)COCCCCCNC(=O)CCCc1ccc2ccc3cccc4ccc1c2c34.c1cc2ccc3cccc4ccc(c1)c2c34. The van der Waals surface area contributed by atoms with Gasteiger partial charge in [0.15, 0.2) is 0 Å². The molecule has 3 amide bonds. The minimum Gasteiger partial charge on any atom is -0.465 e. The normalized spacial score (nSPS) is 12.1. The van der Waals surface area contributed by atoms with Crippen LogP contribution in [0.2, 0.25) is 0 Å². The summed E-state index contributed by atoms with van der Waals surface area (Å²) in [5, 5.41) is 21.3. The van der Waals surface area contributed by atoms with Crippen LogP contribution in [0.5, 0.6) is 0 Å². The molecule has 0 fully saturated rings. The number of aromatic amines is 1. The largest absolute Gasteiger partial charge is 0.465 e. The molecule has 73 heavy (non-hydrogen) atoms. The van der Waals surface area contributed by atoms with Gasteiger partial charge in [0.25, 0.3) is 5.56 Å². The van der Waals surface area contributed by atoms with Gasteiger partial charge in [0, 0.05) is 38.4 Å². The van der Waals surface area contributed by atoms with Gasteiger partial charge in [0.1, 0.15) is 18.7 Å². The van der Waals surface area contributed by atoms with Crippen molar-refractivity contribution in [1.82, 2.24) is 25.1 Å². The number of carbonyl (C=O) groups is 4. The van der Waals surface area contributed by atoms with Gasteiger partial charge in [-0.3, -0.25) is 28.7 Å². The summed E-state index contributed by atoms with van der Waals surface area (Å²) in [6, 6.07) is 41.6. The third-order valence-electron chi connectivity index (χ3n) is 12.9. The van der Waals surface area contributed by atoms with Crippen molar-refractivity contribution in [2.75, 3.05) is 39.5 Å². The number of aryl methyl sites for hydroxylation is 1. The summed E-state index contributed by atoms with van der Waals surface area (Å²) in [4.78, 5) is 78.5. The lowest BCUT2D eigenvalue weighted by atomic mass is 9.90. The summed E-state index contributed by atoms with van der Waals surface area (Å²) in [6.45, 7) is 6.59. The average molecular weight is 986 g/mol. The van der Waals surface area contributed by atoms with E-state index in [1.54, 1.807) is 27.7 Å². The highest BCUT2D eigenvalue weighted by Gasteiger charge is 2.29. The summed E-state index contributed by atoms with van der Waals surface area (Å²) in [5.74, 6) is -1.31. The molecule has 3 N–H and O–H groups in total. The van der Waals surface area contributed by atoms with Crippen molar-refractivity contribution in [3.8, 4) is 0 Å². The van der Waals surface area contributed by atoms with Crippen molar-refractivity contribution in [2.24, 2.45) is 0 Å². The molecule has 378 valence electrons. The Bertz CT molecular complexity index is 3340. The molecule has 0 saturated carbocycles. The van der Waals surface area contributed by atoms with E-state index in [1.165, 1.54) is 81.3 Å². The Morgan fingerprint density at radius 1 is 0.671 bits per heavy atom. The first-order valence-corrected chi connectivity index (χ1v) is 25.1. The molecule has 0 spiro atoms. The molecule has 0 aliphatic carbocycles. The lowest BCUT2D eigenvalue weighted by Gasteiger charge is -2.31. The van der Waals surface area contributed by atoms with Crippen molar-refractivity contribution in [1.29, 1.82) is 0 Å². The Kier molecular flexibility index (Phi) is 16.6. The minimum atomic E-state index is -0.839. The number of rotatable bonds is 20. The lowest BCUT2D eigenvalue weighted by molar-refractivity contribution is -0.151. The number of unbranched alkanes of at least 4 members (excludes halogenated alkanes) is 2. The molecule has 1 heterocycles. The molecule has 0 radical (unpaired) electrons. The van der Waals surface area contributed by atoms with E-state index in [4.69, 9.17) is 14.2 Å². The molecule has 0 saturated heterocycles. The van der Waals surface area contributed by atoms with Gasteiger partial charge < -0.3 is 29.7 Å². The van der Waals surface area contributed by atoms with Crippen LogP contribution < -0.4 is 21.9 Å². The molecule has 14 heteroatoms. The van der Waals surface area contributed by atoms with Crippen LogP contribution in [-0.4, -0.2) is 89.4 Å². The maximum atomic E-state index is 13.6. The molecule has 9 aromatic rings.